The van der Waals surface area contributed by atoms with Gasteiger partial charge in [-0.15, -0.1) is 11.3 Å². The van der Waals surface area contributed by atoms with Crippen LogP contribution in [0, 0.1) is 5.82 Å². The van der Waals surface area contributed by atoms with E-state index in [1.165, 1.54) is 24.3 Å². The van der Waals surface area contributed by atoms with Gasteiger partial charge in [0.25, 0.3) is 5.91 Å². The highest BCUT2D eigenvalue weighted by molar-refractivity contribution is 7.21. The summed E-state index contributed by atoms with van der Waals surface area (Å²) in [6.45, 7) is 0. The van der Waals surface area contributed by atoms with Gasteiger partial charge in [-0.25, -0.2) is 14.0 Å². The topological polar surface area (TPSA) is 88.4 Å². The zero-order valence-electron chi connectivity index (χ0n) is 13.6. The zero-order valence-corrected chi connectivity index (χ0v) is 14.4. The van der Waals surface area contributed by atoms with Crippen LogP contribution in [0.2, 0.25) is 0 Å². The van der Waals surface area contributed by atoms with E-state index in [0.717, 1.165) is 11.3 Å². The summed E-state index contributed by atoms with van der Waals surface area (Å²) in [4.78, 5) is 36.6. The number of rotatable bonds is 2. The first-order chi connectivity index (χ1) is 13.0. The average molecular weight is 382 g/mol. The first-order valence-electron chi connectivity index (χ1n) is 7.85. The van der Waals surface area contributed by atoms with Gasteiger partial charge in [0.15, 0.2) is 0 Å². The molecular formula is C19H11FN2O4S. The number of benzene rings is 2. The van der Waals surface area contributed by atoms with Gasteiger partial charge >= 0.3 is 11.7 Å². The molecule has 0 aliphatic carbocycles. The lowest BCUT2D eigenvalue weighted by Gasteiger charge is -2.06. The first kappa shape index (κ1) is 16.9. The molecular weight excluding hydrogens is 371 g/mol. The van der Waals surface area contributed by atoms with E-state index in [1.54, 1.807) is 30.3 Å². The third-order valence-electron chi connectivity index (χ3n) is 3.86. The molecule has 2 aromatic heterocycles. The average Bonchev–Trinajstić information content (AvgIpc) is 3.10. The van der Waals surface area contributed by atoms with Crippen molar-refractivity contribution in [1.82, 2.24) is 5.32 Å². The molecule has 0 fully saturated rings. The van der Waals surface area contributed by atoms with E-state index in [4.69, 9.17) is 4.42 Å². The van der Waals surface area contributed by atoms with Crippen molar-refractivity contribution in [3.8, 4) is 0 Å². The van der Waals surface area contributed by atoms with E-state index >= 15 is 0 Å². The number of urea groups is 1. The van der Waals surface area contributed by atoms with Crippen LogP contribution in [-0.2, 0) is 0 Å². The van der Waals surface area contributed by atoms with Crippen molar-refractivity contribution in [1.29, 1.82) is 0 Å². The Morgan fingerprint density at radius 3 is 2.56 bits per heavy atom. The van der Waals surface area contributed by atoms with Crippen LogP contribution in [0.3, 0.4) is 0 Å². The lowest BCUT2D eigenvalue weighted by Crippen LogP contribution is -2.34. The Bertz CT molecular complexity index is 1260. The number of halogens is 1. The molecule has 8 heteroatoms. The summed E-state index contributed by atoms with van der Waals surface area (Å²) in [7, 11) is 0. The van der Waals surface area contributed by atoms with Gasteiger partial charge < -0.3 is 9.73 Å². The molecule has 0 radical (unpaired) electrons. The molecule has 2 aromatic carbocycles. The fourth-order valence-corrected chi connectivity index (χ4v) is 3.70. The van der Waals surface area contributed by atoms with Gasteiger partial charge in [0.2, 0.25) is 0 Å². The van der Waals surface area contributed by atoms with Crippen LogP contribution in [0.25, 0.3) is 21.1 Å². The predicted molar refractivity (Wildman–Crippen MR) is 101 cm³/mol. The van der Waals surface area contributed by atoms with Crippen molar-refractivity contribution in [3.63, 3.8) is 0 Å². The van der Waals surface area contributed by atoms with Gasteiger partial charge in [0, 0.05) is 5.39 Å². The van der Waals surface area contributed by atoms with Gasteiger partial charge in [-0.2, -0.15) is 0 Å². The molecule has 134 valence electrons. The quantitative estimate of drug-likeness (QED) is 0.511. The highest BCUT2D eigenvalue weighted by Crippen LogP contribution is 2.30. The Morgan fingerprint density at radius 2 is 1.74 bits per heavy atom. The van der Waals surface area contributed by atoms with Crippen LogP contribution in [0.4, 0.5) is 14.9 Å². The third-order valence-corrected chi connectivity index (χ3v) is 5.03. The van der Waals surface area contributed by atoms with Crippen LogP contribution < -0.4 is 16.3 Å². The normalized spacial score (nSPS) is 10.9. The van der Waals surface area contributed by atoms with Crippen LogP contribution >= 0.6 is 11.3 Å². The Labute approximate surface area is 155 Å². The number of nitrogens with one attached hydrogen (secondary N) is 2. The van der Waals surface area contributed by atoms with Crippen molar-refractivity contribution in [2.45, 2.75) is 0 Å². The molecule has 2 heterocycles. The second kappa shape index (κ2) is 6.65. The molecule has 0 saturated carbocycles. The SMILES string of the molecule is O=C(NC(=O)c1cc2c(=O)oc3ccccc3c2s1)Nc1ccccc1F. The van der Waals surface area contributed by atoms with Crippen LogP contribution in [0.5, 0.6) is 0 Å². The maximum atomic E-state index is 13.6. The number of hydrogen-bond acceptors (Lipinski definition) is 5. The third kappa shape index (κ3) is 3.18. The summed E-state index contributed by atoms with van der Waals surface area (Å²) in [5.74, 6) is -1.32. The molecule has 6 nitrogen and oxygen atoms in total. The van der Waals surface area contributed by atoms with E-state index in [1.807, 2.05) is 0 Å². The number of anilines is 1. The first-order valence-corrected chi connectivity index (χ1v) is 8.67. The fraction of sp³-hybridized carbons (Fsp3) is 0. The molecule has 4 rings (SSSR count). The smallest absolute Gasteiger partial charge is 0.345 e. The Kier molecular flexibility index (Phi) is 4.17. The monoisotopic (exact) mass is 382 g/mol. The van der Waals surface area contributed by atoms with E-state index in [2.05, 4.69) is 10.6 Å². The van der Waals surface area contributed by atoms with Gasteiger partial charge in [-0.05, 0) is 30.3 Å². The van der Waals surface area contributed by atoms with Crippen molar-refractivity contribution < 1.29 is 18.4 Å². The highest BCUT2D eigenvalue weighted by Gasteiger charge is 2.18. The van der Waals surface area contributed by atoms with Gasteiger partial charge in [0.1, 0.15) is 11.4 Å². The number of imide groups is 1. The molecule has 3 amide bonds. The lowest BCUT2D eigenvalue weighted by molar-refractivity contribution is 0.0971. The van der Waals surface area contributed by atoms with E-state index < -0.39 is 23.4 Å². The van der Waals surface area contributed by atoms with E-state index in [-0.39, 0.29) is 16.0 Å². The Hall–Kier alpha value is -3.52. The second-order valence-electron chi connectivity index (χ2n) is 5.63. The molecule has 0 bridgehead atoms. The minimum absolute atomic E-state index is 0.0502. The van der Waals surface area contributed by atoms with Gasteiger partial charge in [-0.3, -0.25) is 10.1 Å². The summed E-state index contributed by atoms with van der Waals surface area (Å²) in [5, 5.41) is 5.35. The number of carbonyl (C=O) groups is 2. The molecule has 0 saturated heterocycles. The minimum atomic E-state index is -0.876. The molecule has 0 atom stereocenters. The fourth-order valence-electron chi connectivity index (χ4n) is 2.63. The Morgan fingerprint density at radius 1 is 1.00 bits per heavy atom. The second-order valence-corrected chi connectivity index (χ2v) is 6.68. The van der Waals surface area contributed by atoms with Crippen molar-refractivity contribution in [2.24, 2.45) is 0 Å². The summed E-state index contributed by atoms with van der Waals surface area (Å²) in [6.07, 6.45) is 0. The zero-order chi connectivity index (χ0) is 19.0. The predicted octanol–water partition coefficient (Wildman–Crippen LogP) is 4.11. The van der Waals surface area contributed by atoms with Gasteiger partial charge in [0.05, 0.1) is 20.7 Å². The summed E-state index contributed by atoms with van der Waals surface area (Å²) in [6, 6.07) is 13.1. The maximum Gasteiger partial charge on any atom is 0.345 e. The van der Waals surface area contributed by atoms with E-state index in [0.29, 0.717) is 15.7 Å². The largest absolute Gasteiger partial charge is 0.422 e. The number of amides is 3. The molecule has 4 aromatic rings. The highest BCUT2D eigenvalue weighted by atomic mass is 32.1. The maximum absolute atomic E-state index is 13.6. The van der Waals surface area contributed by atoms with Crippen molar-refractivity contribution in [2.75, 3.05) is 5.32 Å². The molecule has 0 spiro atoms. The summed E-state index contributed by atoms with van der Waals surface area (Å²) < 4.78 is 19.4. The van der Waals surface area contributed by atoms with Crippen LogP contribution in [-0.4, -0.2) is 11.9 Å². The number of fused-ring (bicyclic) bond motifs is 3. The van der Waals surface area contributed by atoms with Crippen molar-refractivity contribution in [3.05, 3.63) is 75.7 Å². The summed E-state index contributed by atoms with van der Waals surface area (Å²) >= 11 is 1.07. The number of hydrogen-bond donors (Lipinski definition) is 2. The number of carbonyl (C=O) groups excluding carboxylic acids is 2. The molecule has 27 heavy (non-hydrogen) atoms. The van der Waals surface area contributed by atoms with E-state index in [9.17, 15) is 18.8 Å². The van der Waals surface area contributed by atoms with Crippen LogP contribution in [0.1, 0.15) is 9.67 Å². The number of para-hydroxylation sites is 2. The molecule has 0 aliphatic rings. The molecule has 0 aliphatic heterocycles. The Balaban J connectivity index is 1.62. The summed E-state index contributed by atoms with van der Waals surface area (Å²) in [5.41, 5.74) is -0.193. The standard InChI is InChI=1S/C19H11FN2O4S/c20-12-6-2-3-7-13(12)21-19(25)22-17(23)15-9-11-16(27-15)10-5-1-4-8-14(10)26-18(11)24/h1-9H,(H2,21,22,23,25). The van der Waals surface area contributed by atoms with Crippen LogP contribution in [0.15, 0.2) is 63.8 Å². The lowest BCUT2D eigenvalue weighted by atomic mass is 10.2. The minimum Gasteiger partial charge on any atom is -0.422 e. The van der Waals surface area contributed by atoms with Gasteiger partial charge in [-0.1, -0.05) is 24.3 Å². The molecule has 0 unspecified atom stereocenters. The molecule has 2 N–H and O–H groups in total. The number of thiophene rings is 1. The van der Waals surface area contributed by atoms with Crippen molar-refractivity contribution >= 4 is 50.0 Å².